The quantitative estimate of drug-likeness (QED) is 0.620. The van der Waals surface area contributed by atoms with E-state index in [9.17, 15) is 13.2 Å². The Hall–Kier alpha value is -1.50. The summed E-state index contributed by atoms with van der Waals surface area (Å²) in [6.07, 6.45) is 4.21. The number of carbonyl (C=O) groups excluding carboxylic acids is 1. The van der Waals surface area contributed by atoms with E-state index >= 15 is 0 Å². The molecule has 6 nitrogen and oxygen atoms in total. The molecule has 0 N–H and O–H groups in total. The molecular formula is C16H22N2O4S. The van der Waals surface area contributed by atoms with Gasteiger partial charge in [-0.25, -0.2) is 23.2 Å². The first-order valence-electron chi connectivity index (χ1n) is 7.85. The molecule has 23 heavy (non-hydrogen) atoms. The van der Waals surface area contributed by atoms with Crippen LogP contribution in [-0.2, 0) is 14.6 Å². The number of fused-ring (bicyclic) bond motifs is 2. The van der Waals surface area contributed by atoms with Gasteiger partial charge in [0.15, 0.2) is 5.69 Å². The topological polar surface area (TPSA) is 86.2 Å². The number of carbonyl (C=O) groups is 1. The first-order valence-corrected chi connectivity index (χ1v) is 9.74. The number of nitrogens with zero attached hydrogens (tertiary/aromatic N) is 2. The second kappa shape index (κ2) is 5.26. The molecule has 126 valence electrons. The fraction of sp³-hybridized carbons (Fsp3) is 0.688. The van der Waals surface area contributed by atoms with Crippen LogP contribution in [-0.4, -0.2) is 36.7 Å². The maximum atomic E-state index is 12.3. The average Bonchev–Trinajstić information content (AvgIpc) is 2.48. The molecule has 3 aliphatic rings. The summed E-state index contributed by atoms with van der Waals surface area (Å²) in [5.74, 6) is 0.873. The van der Waals surface area contributed by atoms with E-state index in [2.05, 4.69) is 30.7 Å². The van der Waals surface area contributed by atoms with E-state index in [1.807, 2.05) is 0 Å². The molecule has 0 amide bonds. The summed E-state index contributed by atoms with van der Waals surface area (Å²) in [5, 5.41) is -0.354. The molecule has 4 rings (SSSR count). The molecule has 7 heteroatoms. The number of hydrogen-bond donors (Lipinski definition) is 0. The van der Waals surface area contributed by atoms with E-state index in [-0.39, 0.29) is 17.0 Å². The van der Waals surface area contributed by atoms with Crippen molar-refractivity contribution < 1.29 is 17.9 Å². The first-order chi connectivity index (χ1) is 10.6. The minimum absolute atomic E-state index is 0.00821. The molecule has 1 heterocycles. The Bertz CT molecular complexity index is 744. The third kappa shape index (κ3) is 2.75. The molecule has 3 saturated carbocycles. The highest BCUT2D eigenvalue weighted by atomic mass is 32.2. The summed E-state index contributed by atoms with van der Waals surface area (Å²) in [4.78, 5) is 19.8. The lowest BCUT2D eigenvalue weighted by Gasteiger charge is -2.61. The molecule has 0 radical (unpaired) electrons. The van der Waals surface area contributed by atoms with Gasteiger partial charge in [0.2, 0.25) is 15.0 Å². The number of aromatic nitrogens is 2. The van der Waals surface area contributed by atoms with Gasteiger partial charge in [-0.3, -0.25) is 0 Å². The van der Waals surface area contributed by atoms with Crippen LogP contribution in [0.5, 0.6) is 0 Å². The maximum absolute atomic E-state index is 12.3. The van der Waals surface area contributed by atoms with Crippen LogP contribution >= 0.6 is 0 Å². The van der Waals surface area contributed by atoms with Crippen LogP contribution in [0.4, 0.5) is 0 Å². The normalized spacial score (nSPS) is 32.0. The average molecular weight is 338 g/mol. The minimum Gasteiger partial charge on any atom is -0.457 e. The maximum Gasteiger partial charge on any atom is 0.357 e. The Kier molecular flexibility index (Phi) is 3.74. The SMILES string of the molecule is C[C@H]1[C@@H](OC(=O)c2ccnc(S(C)(=O)=O)n2)C[C@H]2C[C@H]1C2(C)C. The van der Waals surface area contributed by atoms with Crippen LogP contribution in [0.3, 0.4) is 0 Å². The Morgan fingerprint density at radius 1 is 1.35 bits per heavy atom. The summed E-state index contributed by atoms with van der Waals surface area (Å²) < 4.78 is 28.6. The van der Waals surface area contributed by atoms with Crippen molar-refractivity contribution in [2.75, 3.05) is 6.26 Å². The van der Waals surface area contributed by atoms with Crippen LogP contribution in [0.15, 0.2) is 17.4 Å². The second-order valence-corrected chi connectivity index (χ2v) is 9.31. The molecule has 1 aromatic heterocycles. The Labute approximate surface area is 136 Å². The van der Waals surface area contributed by atoms with Crippen molar-refractivity contribution in [3.05, 3.63) is 18.0 Å². The molecule has 0 unspecified atom stereocenters. The van der Waals surface area contributed by atoms with Gasteiger partial charge in [0, 0.05) is 12.5 Å². The molecule has 4 atom stereocenters. The van der Waals surface area contributed by atoms with E-state index in [0.717, 1.165) is 12.7 Å². The first kappa shape index (κ1) is 16.4. The third-order valence-corrected chi connectivity index (χ3v) is 6.58. The number of esters is 1. The van der Waals surface area contributed by atoms with E-state index < -0.39 is 15.8 Å². The lowest BCUT2D eigenvalue weighted by atomic mass is 9.45. The molecule has 2 bridgehead atoms. The van der Waals surface area contributed by atoms with E-state index in [0.29, 0.717) is 23.2 Å². The molecule has 3 aliphatic carbocycles. The fourth-order valence-corrected chi connectivity index (χ4v) is 4.61. The summed E-state index contributed by atoms with van der Waals surface area (Å²) >= 11 is 0. The fourth-order valence-electron chi connectivity index (χ4n) is 4.09. The van der Waals surface area contributed by atoms with E-state index in [1.54, 1.807) is 0 Å². The zero-order chi connectivity index (χ0) is 17.0. The summed E-state index contributed by atoms with van der Waals surface area (Å²) in [7, 11) is -3.55. The van der Waals surface area contributed by atoms with Crippen molar-refractivity contribution in [2.45, 2.75) is 44.9 Å². The molecule has 0 aliphatic heterocycles. The van der Waals surface area contributed by atoms with Crippen molar-refractivity contribution in [1.29, 1.82) is 0 Å². The van der Waals surface area contributed by atoms with Crippen LogP contribution in [0.1, 0.15) is 44.1 Å². The standard InChI is InChI=1S/C16H22N2O4S/c1-9-11-7-10(16(11,2)3)8-13(9)22-14(19)12-5-6-17-15(18-12)23(4,20)21/h5-6,9-11,13H,7-8H2,1-4H3/t9-,10-,11-,13+/m1/s1. The Morgan fingerprint density at radius 2 is 2.04 bits per heavy atom. The summed E-state index contributed by atoms with van der Waals surface area (Å²) in [6.45, 7) is 6.69. The minimum atomic E-state index is -3.55. The largest absolute Gasteiger partial charge is 0.457 e. The predicted molar refractivity (Wildman–Crippen MR) is 83.5 cm³/mol. The second-order valence-electron chi connectivity index (χ2n) is 7.40. The highest BCUT2D eigenvalue weighted by molar-refractivity contribution is 7.90. The van der Waals surface area contributed by atoms with E-state index in [1.165, 1.54) is 18.7 Å². The summed E-state index contributed by atoms with van der Waals surface area (Å²) in [5.41, 5.74) is 0.312. The molecule has 0 saturated heterocycles. The molecule has 0 spiro atoms. The van der Waals surface area contributed by atoms with Gasteiger partial charge in [-0.2, -0.15) is 0 Å². The Balaban J connectivity index is 1.74. The van der Waals surface area contributed by atoms with Crippen molar-refractivity contribution in [2.24, 2.45) is 23.2 Å². The number of sulfone groups is 1. The summed E-state index contributed by atoms with van der Waals surface area (Å²) in [6, 6.07) is 1.38. The van der Waals surface area contributed by atoms with Gasteiger partial charge in [0.1, 0.15) is 6.10 Å². The van der Waals surface area contributed by atoms with Gasteiger partial charge in [0.25, 0.3) is 0 Å². The number of hydrogen-bond acceptors (Lipinski definition) is 6. The lowest BCUT2D eigenvalue weighted by Crippen LogP contribution is -2.57. The zero-order valence-corrected chi connectivity index (χ0v) is 14.6. The molecule has 1 aromatic rings. The van der Waals surface area contributed by atoms with Crippen molar-refractivity contribution in [1.82, 2.24) is 9.97 Å². The number of rotatable bonds is 3. The number of ether oxygens (including phenoxy) is 1. The smallest absolute Gasteiger partial charge is 0.357 e. The van der Waals surface area contributed by atoms with Gasteiger partial charge in [-0.05, 0) is 42.1 Å². The lowest BCUT2D eigenvalue weighted by molar-refractivity contribution is -0.156. The van der Waals surface area contributed by atoms with Crippen LogP contribution in [0.25, 0.3) is 0 Å². The van der Waals surface area contributed by atoms with Gasteiger partial charge in [-0.15, -0.1) is 0 Å². The molecule has 0 aromatic carbocycles. The van der Waals surface area contributed by atoms with Crippen molar-refractivity contribution in [3.8, 4) is 0 Å². The highest BCUT2D eigenvalue weighted by Crippen LogP contribution is 2.61. The highest BCUT2D eigenvalue weighted by Gasteiger charge is 2.57. The van der Waals surface area contributed by atoms with E-state index in [4.69, 9.17) is 4.74 Å². The molecule has 3 fully saturated rings. The van der Waals surface area contributed by atoms with Crippen LogP contribution in [0.2, 0.25) is 0 Å². The predicted octanol–water partition coefficient (Wildman–Crippen LogP) is 2.11. The van der Waals surface area contributed by atoms with Crippen molar-refractivity contribution in [3.63, 3.8) is 0 Å². The van der Waals surface area contributed by atoms with Crippen molar-refractivity contribution >= 4 is 15.8 Å². The Morgan fingerprint density at radius 3 is 2.61 bits per heavy atom. The van der Waals surface area contributed by atoms with Crippen LogP contribution < -0.4 is 0 Å². The van der Waals surface area contributed by atoms with Gasteiger partial charge < -0.3 is 4.74 Å². The van der Waals surface area contributed by atoms with Gasteiger partial charge >= 0.3 is 5.97 Å². The van der Waals surface area contributed by atoms with Gasteiger partial charge in [-0.1, -0.05) is 20.8 Å². The molecular weight excluding hydrogens is 316 g/mol. The monoisotopic (exact) mass is 338 g/mol. The zero-order valence-electron chi connectivity index (χ0n) is 13.8. The van der Waals surface area contributed by atoms with Crippen LogP contribution in [0, 0.1) is 23.2 Å². The van der Waals surface area contributed by atoms with Gasteiger partial charge in [0.05, 0.1) is 0 Å². The third-order valence-electron chi connectivity index (χ3n) is 5.72.